The Balaban J connectivity index is 1.86. The average molecular weight is 258 g/mol. The van der Waals surface area contributed by atoms with Gasteiger partial charge in [-0.15, -0.1) is 0 Å². The minimum absolute atomic E-state index is 0.290. The van der Waals surface area contributed by atoms with Crippen LogP contribution in [0.3, 0.4) is 0 Å². The first-order valence-corrected chi connectivity index (χ1v) is 6.76. The van der Waals surface area contributed by atoms with Crippen LogP contribution in [-0.4, -0.2) is 21.0 Å². The molecule has 2 aromatic rings. The summed E-state index contributed by atoms with van der Waals surface area (Å²) in [5.41, 5.74) is 4.98. The van der Waals surface area contributed by atoms with E-state index in [9.17, 15) is 5.11 Å². The van der Waals surface area contributed by atoms with E-state index in [0.717, 1.165) is 19.3 Å². The highest BCUT2D eigenvalue weighted by molar-refractivity contribution is 5.30. The SMILES string of the molecule is Cc1ccc(CC(O)CCc2cnn(C)c2)cc1C. The molecule has 0 spiro atoms. The molecule has 1 aromatic heterocycles. The van der Waals surface area contributed by atoms with Gasteiger partial charge in [0.05, 0.1) is 12.3 Å². The summed E-state index contributed by atoms with van der Waals surface area (Å²) in [4.78, 5) is 0. The van der Waals surface area contributed by atoms with Crippen molar-refractivity contribution >= 4 is 0 Å². The molecule has 19 heavy (non-hydrogen) atoms. The van der Waals surface area contributed by atoms with Gasteiger partial charge in [0.1, 0.15) is 0 Å². The molecule has 0 amide bonds. The predicted octanol–water partition coefficient (Wildman–Crippen LogP) is 2.57. The van der Waals surface area contributed by atoms with E-state index in [0.29, 0.717) is 0 Å². The zero-order valence-electron chi connectivity index (χ0n) is 11.9. The zero-order chi connectivity index (χ0) is 13.8. The number of aromatic nitrogens is 2. The summed E-state index contributed by atoms with van der Waals surface area (Å²) in [6.07, 6.45) is 5.95. The molecule has 0 fully saturated rings. The van der Waals surface area contributed by atoms with Crippen LogP contribution in [0, 0.1) is 13.8 Å². The Morgan fingerprint density at radius 3 is 2.63 bits per heavy atom. The third-order valence-corrected chi connectivity index (χ3v) is 3.57. The Hall–Kier alpha value is -1.61. The molecule has 1 heterocycles. The smallest absolute Gasteiger partial charge is 0.0583 e. The molecule has 1 aromatic carbocycles. The minimum atomic E-state index is -0.290. The molecule has 2 rings (SSSR count). The molecule has 102 valence electrons. The minimum Gasteiger partial charge on any atom is -0.393 e. The van der Waals surface area contributed by atoms with Gasteiger partial charge in [0, 0.05) is 13.2 Å². The molecule has 0 saturated heterocycles. The van der Waals surface area contributed by atoms with Gasteiger partial charge >= 0.3 is 0 Å². The van der Waals surface area contributed by atoms with Gasteiger partial charge in [-0.1, -0.05) is 18.2 Å². The van der Waals surface area contributed by atoms with Crippen LogP contribution in [-0.2, 0) is 19.9 Å². The van der Waals surface area contributed by atoms with Crippen molar-refractivity contribution in [1.29, 1.82) is 0 Å². The highest BCUT2D eigenvalue weighted by atomic mass is 16.3. The maximum absolute atomic E-state index is 10.1. The maximum Gasteiger partial charge on any atom is 0.0583 e. The first-order valence-electron chi connectivity index (χ1n) is 6.76. The molecule has 0 aliphatic heterocycles. The second-order valence-corrected chi connectivity index (χ2v) is 5.34. The number of benzene rings is 1. The molecule has 3 heteroatoms. The van der Waals surface area contributed by atoms with Crippen LogP contribution in [0.5, 0.6) is 0 Å². The van der Waals surface area contributed by atoms with E-state index in [1.165, 1.54) is 22.3 Å². The summed E-state index contributed by atoms with van der Waals surface area (Å²) in [5, 5.41) is 14.2. The van der Waals surface area contributed by atoms with Gasteiger partial charge in [-0.25, -0.2) is 0 Å². The highest BCUT2D eigenvalue weighted by Gasteiger charge is 2.07. The molecule has 1 N–H and O–H groups in total. The van der Waals surface area contributed by atoms with E-state index in [4.69, 9.17) is 0 Å². The predicted molar refractivity (Wildman–Crippen MR) is 77.2 cm³/mol. The van der Waals surface area contributed by atoms with E-state index >= 15 is 0 Å². The van der Waals surface area contributed by atoms with Crippen molar-refractivity contribution in [2.45, 2.75) is 39.2 Å². The Morgan fingerprint density at radius 2 is 2.00 bits per heavy atom. The summed E-state index contributed by atoms with van der Waals surface area (Å²) in [6, 6.07) is 6.40. The lowest BCUT2D eigenvalue weighted by Crippen LogP contribution is -2.11. The quantitative estimate of drug-likeness (QED) is 0.895. The summed E-state index contributed by atoms with van der Waals surface area (Å²) in [7, 11) is 1.91. The summed E-state index contributed by atoms with van der Waals surface area (Å²) < 4.78 is 1.80. The van der Waals surface area contributed by atoms with Crippen molar-refractivity contribution in [1.82, 2.24) is 9.78 Å². The molecule has 1 unspecified atom stereocenters. The molecule has 0 bridgehead atoms. The third kappa shape index (κ3) is 3.93. The molecule has 3 nitrogen and oxygen atoms in total. The van der Waals surface area contributed by atoms with Crippen molar-refractivity contribution in [2.75, 3.05) is 0 Å². The van der Waals surface area contributed by atoms with Crippen molar-refractivity contribution in [3.8, 4) is 0 Å². The number of aryl methyl sites for hydroxylation is 4. The van der Waals surface area contributed by atoms with Gasteiger partial charge in [0.2, 0.25) is 0 Å². The number of hydrogen-bond donors (Lipinski definition) is 1. The van der Waals surface area contributed by atoms with Crippen LogP contribution >= 0.6 is 0 Å². The van der Waals surface area contributed by atoms with Crippen LogP contribution in [0.4, 0.5) is 0 Å². The van der Waals surface area contributed by atoms with Gasteiger partial charge in [-0.2, -0.15) is 5.10 Å². The number of aliphatic hydroxyl groups is 1. The molecular weight excluding hydrogens is 236 g/mol. The fourth-order valence-corrected chi connectivity index (χ4v) is 2.24. The first kappa shape index (κ1) is 13.8. The van der Waals surface area contributed by atoms with Crippen LogP contribution in [0.15, 0.2) is 30.6 Å². The lowest BCUT2D eigenvalue weighted by atomic mass is 9.99. The maximum atomic E-state index is 10.1. The molecule has 0 radical (unpaired) electrons. The van der Waals surface area contributed by atoms with Crippen LogP contribution in [0.1, 0.15) is 28.7 Å². The molecule has 0 aliphatic carbocycles. The second kappa shape index (κ2) is 6.02. The fourth-order valence-electron chi connectivity index (χ4n) is 2.24. The normalized spacial score (nSPS) is 12.6. The van der Waals surface area contributed by atoms with E-state index in [-0.39, 0.29) is 6.10 Å². The topological polar surface area (TPSA) is 38.1 Å². The van der Waals surface area contributed by atoms with Crippen LogP contribution < -0.4 is 0 Å². The monoisotopic (exact) mass is 258 g/mol. The Bertz CT molecular complexity index is 545. The first-order chi connectivity index (χ1) is 9.04. The van der Waals surface area contributed by atoms with Gasteiger partial charge < -0.3 is 5.11 Å². The molecular formula is C16H22N2O. The fraction of sp³-hybridized carbons (Fsp3) is 0.438. The van der Waals surface area contributed by atoms with E-state index in [1.807, 2.05) is 19.4 Å². The van der Waals surface area contributed by atoms with E-state index in [1.54, 1.807) is 4.68 Å². The Labute approximate surface area is 114 Å². The van der Waals surface area contributed by atoms with Crippen LogP contribution in [0.2, 0.25) is 0 Å². The Morgan fingerprint density at radius 1 is 1.21 bits per heavy atom. The number of aliphatic hydroxyl groups excluding tert-OH is 1. The van der Waals surface area contributed by atoms with E-state index < -0.39 is 0 Å². The molecule has 0 aliphatic rings. The molecule has 1 atom stereocenters. The van der Waals surface area contributed by atoms with E-state index in [2.05, 4.69) is 37.1 Å². The molecule has 0 saturated carbocycles. The summed E-state index contributed by atoms with van der Waals surface area (Å²) >= 11 is 0. The average Bonchev–Trinajstić information content (AvgIpc) is 2.77. The van der Waals surface area contributed by atoms with Crippen molar-refractivity contribution < 1.29 is 5.11 Å². The second-order valence-electron chi connectivity index (χ2n) is 5.34. The van der Waals surface area contributed by atoms with Gasteiger partial charge in [0.15, 0.2) is 0 Å². The number of rotatable bonds is 5. The lowest BCUT2D eigenvalue weighted by molar-refractivity contribution is 0.165. The highest BCUT2D eigenvalue weighted by Crippen LogP contribution is 2.13. The van der Waals surface area contributed by atoms with Crippen molar-refractivity contribution in [3.05, 3.63) is 52.8 Å². The third-order valence-electron chi connectivity index (χ3n) is 3.57. The summed E-state index contributed by atoms with van der Waals surface area (Å²) in [6.45, 7) is 4.22. The number of hydrogen-bond acceptors (Lipinski definition) is 2. The largest absolute Gasteiger partial charge is 0.393 e. The van der Waals surface area contributed by atoms with Crippen molar-refractivity contribution in [2.24, 2.45) is 7.05 Å². The van der Waals surface area contributed by atoms with Gasteiger partial charge in [0.25, 0.3) is 0 Å². The van der Waals surface area contributed by atoms with Gasteiger partial charge in [-0.3, -0.25) is 4.68 Å². The standard InChI is InChI=1S/C16H22N2O/c1-12-4-5-14(8-13(12)2)9-16(19)7-6-15-10-17-18(3)11-15/h4-5,8,10-11,16,19H,6-7,9H2,1-3H3. The van der Waals surface area contributed by atoms with Crippen LogP contribution in [0.25, 0.3) is 0 Å². The number of nitrogens with zero attached hydrogens (tertiary/aromatic N) is 2. The van der Waals surface area contributed by atoms with Crippen molar-refractivity contribution in [3.63, 3.8) is 0 Å². The zero-order valence-corrected chi connectivity index (χ0v) is 11.9. The lowest BCUT2D eigenvalue weighted by Gasteiger charge is -2.11. The Kier molecular flexibility index (Phi) is 4.38. The van der Waals surface area contributed by atoms with Gasteiger partial charge in [-0.05, 0) is 55.4 Å². The summed E-state index contributed by atoms with van der Waals surface area (Å²) in [5.74, 6) is 0.